The summed E-state index contributed by atoms with van der Waals surface area (Å²) >= 11 is 0. The third-order valence-electron chi connectivity index (χ3n) is 4.95. The van der Waals surface area contributed by atoms with Crippen molar-refractivity contribution < 1.29 is 9.59 Å². The van der Waals surface area contributed by atoms with Crippen LogP contribution in [-0.2, 0) is 23.2 Å². The molecule has 0 aliphatic carbocycles. The van der Waals surface area contributed by atoms with Crippen molar-refractivity contribution in [2.45, 2.75) is 38.6 Å². The van der Waals surface area contributed by atoms with Crippen molar-refractivity contribution >= 4 is 22.8 Å². The molecule has 2 heterocycles. The van der Waals surface area contributed by atoms with Crippen LogP contribution in [0, 0.1) is 0 Å². The minimum atomic E-state index is -0.198. The first kappa shape index (κ1) is 18.2. The van der Waals surface area contributed by atoms with Gasteiger partial charge in [0, 0.05) is 33.1 Å². The fourth-order valence-corrected chi connectivity index (χ4v) is 3.49. The fraction of sp³-hybridized carbons (Fsp3) is 0.526. The van der Waals surface area contributed by atoms with E-state index in [0.29, 0.717) is 19.5 Å². The number of rotatable bonds is 6. The molecule has 3 rings (SSSR count). The molecule has 0 spiro atoms. The lowest BCUT2D eigenvalue weighted by molar-refractivity contribution is -0.130. The maximum absolute atomic E-state index is 12.3. The van der Waals surface area contributed by atoms with Crippen LogP contribution in [0.1, 0.15) is 32.1 Å². The first-order valence-corrected chi connectivity index (χ1v) is 9.26. The topological polar surface area (TPSA) is 76.3 Å². The van der Waals surface area contributed by atoms with Crippen molar-refractivity contribution in [2.75, 3.05) is 19.6 Å². The number of benzene rings is 1. The van der Waals surface area contributed by atoms with Gasteiger partial charge in [-0.3, -0.25) is 18.7 Å². The highest BCUT2D eigenvalue weighted by Gasteiger charge is 2.16. The van der Waals surface area contributed by atoms with Crippen LogP contribution >= 0.6 is 0 Å². The van der Waals surface area contributed by atoms with Gasteiger partial charge in [0.15, 0.2) is 0 Å². The predicted octanol–water partition coefficient (Wildman–Crippen LogP) is 1.25. The van der Waals surface area contributed by atoms with Gasteiger partial charge in [-0.05, 0) is 31.4 Å². The molecule has 1 aromatic carbocycles. The lowest BCUT2D eigenvalue weighted by Crippen LogP contribution is -2.36. The molecule has 1 aliphatic heterocycles. The number of amides is 2. The van der Waals surface area contributed by atoms with Gasteiger partial charge in [-0.15, -0.1) is 0 Å². The third-order valence-corrected chi connectivity index (χ3v) is 4.95. The Morgan fingerprint density at radius 2 is 1.88 bits per heavy atom. The van der Waals surface area contributed by atoms with Crippen molar-refractivity contribution in [3.63, 3.8) is 0 Å². The summed E-state index contributed by atoms with van der Waals surface area (Å²) < 4.78 is 3.04. The van der Waals surface area contributed by atoms with Gasteiger partial charge in [0.05, 0.1) is 11.0 Å². The zero-order valence-corrected chi connectivity index (χ0v) is 15.2. The van der Waals surface area contributed by atoms with E-state index in [2.05, 4.69) is 5.32 Å². The number of aryl methyl sites for hydroxylation is 1. The number of aromatic nitrogens is 2. The number of hydrogen-bond donors (Lipinski definition) is 1. The Balaban J connectivity index is 1.51. The second-order valence-electron chi connectivity index (χ2n) is 6.81. The quantitative estimate of drug-likeness (QED) is 0.790. The molecule has 7 heteroatoms. The van der Waals surface area contributed by atoms with E-state index in [9.17, 15) is 14.4 Å². The fourth-order valence-electron chi connectivity index (χ4n) is 3.49. The molecule has 1 aromatic heterocycles. The summed E-state index contributed by atoms with van der Waals surface area (Å²) in [6.45, 7) is 2.00. The molecular formula is C19H26N4O3. The van der Waals surface area contributed by atoms with Gasteiger partial charge in [0.2, 0.25) is 11.8 Å². The Hall–Kier alpha value is -2.57. The van der Waals surface area contributed by atoms with Gasteiger partial charge < -0.3 is 10.2 Å². The average molecular weight is 358 g/mol. The van der Waals surface area contributed by atoms with E-state index in [-0.39, 0.29) is 24.0 Å². The first-order chi connectivity index (χ1) is 12.6. The van der Waals surface area contributed by atoms with Crippen LogP contribution in [0.25, 0.3) is 11.0 Å². The van der Waals surface area contributed by atoms with Gasteiger partial charge in [0.1, 0.15) is 6.54 Å². The van der Waals surface area contributed by atoms with Crippen LogP contribution in [0.3, 0.4) is 0 Å². The maximum atomic E-state index is 12.3. The van der Waals surface area contributed by atoms with Crippen molar-refractivity contribution in [1.29, 1.82) is 0 Å². The van der Waals surface area contributed by atoms with Crippen LogP contribution in [0.5, 0.6) is 0 Å². The lowest BCUT2D eigenvalue weighted by Gasteiger charge is -2.20. The number of nitrogens with one attached hydrogen (secondary N) is 1. The van der Waals surface area contributed by atoms with E-state index < -0.39 is 0 Å². The normalized spacial score (nSPS) is 15.3. The highest BCUT2D eigenvalue weighted by atomic mass is 16.2. The van der Waals surface area contributed by atoms with Gasteiger partial charge in [0.25, 0.3) is 0 Å². The summed E-state index contributed by atoms with van der Waals surface area (Å²) in [7, 11) is 1.71. The molecule has 26 heavy (non-hydrogen) atoms. The maximum Gasteiger partial charge on any atom is 0.329 e. The van der Waals surface area contributed by atoms with Gasteiger partial charge >= 0.3 is 5.69 Å². The van der Waals surface area contributed by atoms with Crippen LogP contribution in [0.4, 0.5) is 0 Å². The number of nitrogens with zero attached hydrogens (tertiary/aromatic N) is 3. The van der Waals surface area contributed by atoms with Crippen molar-refractivity contribution in [2.24, 2.45) is 7.05 Å². The summed E-state index contributed by atoms with van der Waals surface area (Å²) in [4.78, 5) is 38.4. The molecule has 1 fully saturated rings. The third kappa shape index (κ3) is 3.98. The summed E-state index contributed by atoms with van der Waals surface area (Å²) in [6, 6.07) is 7.43. The minimum Gasteiger partial charge on any atom is -0.354 e. The smallest absolute Gasteiger partial charge is 0.329 e. The van der Waals surface area contributed by atoms with E-state index >= 15 is 0 Å². The predicted molar refractivity (Wildman–Crippen MR) is 99.9 cm³/mol. The molecule has 2 amide bonds. The van der Waals surface area contributed by atoms with Gasteiger partial charge in [-0.25, -0.2) is 4.79 Å². The molecule has 1 aliphatic rings. The number of carbonyl (C=O) groups excluding carboxylic acids is 2. The second kappa shape index (κ2) is 8.21. The molecule has 0 saturated carbocycles. The van der Waals surface area contributed by atoms with Gasteiger partial charge in [-0.1, -0.05) is 18.6 Å². The molecule has 0 unspecified atom stereocenters. The van der Waals surface area contributed by atoms with E-state index in [1.807, 2.05) is 29.2 Å². The van der Waals surface area contributed by atoms with Crippen molar-refractivity contribution in [3.8, 4) is 0 Å². The van der Waals surface area contributed by atoms with E-state index in [0.717, 1.165) is 43.3 Å². The van der Waals surface area contributed by atoms with E-state index in [1.165, 1.54) is 4.57 Å². The van der Waals surface area contributed by atoms with Gasteiger partial charge in [-0.2, -0.15) is 0 Å². The lowest BCUT2D eigenvalue weighted by atomic mass is 10.2. The number of likely N-dealkylation sites (tertiary alicyclic amines) is 1. The molecule has 7 nitrogen and oxygen atoms in total. The zero-order valence-electron chi connectivity index (χ0n) is 15.2. The summed E-state index contributed by atoms with van der Waals surface area (Å²) in [6.07, 6.45) is 4.50. The SMILES string of the molecule is Cn1c(=O)n(CC(=O)NCCCN2CCCCCC2=O)c2ccccc21. The second-order valence-corrected chi connectivity index (χ2v) is 6.81. The number of para-hydroxylation sites is 2. The van der Waals surface area contributed by atoms with Crippen LogP contribution in [-0.4, -0.2) is 45.5 Å². The molecular weight excluding hydrogens is 332 g/mol. The standard InChI is InChI=1S/C19H26N4O3/c1-21-15-8-4-5-9-16(15)23(19(21)26)14-17(24)20-11-7-13-22-12-6-2-3-10-18(22)25/h4-5,8-9H,2-3,6-7,10-14H2,1H3,(H,20,24). The molecule has 0 atom stereocenters. The number of carbonyl (C=O) groups is 2. The Morgan fingerprint density at radius 1 is 1.12 bits per heavy atom. The first-order valence-electron chi connectivity index (χ1n) is 9.26. The van der Waals surface area contributed by atoms with Crippen LogP contribution in [0.15, 0.2) is 29.1 Å². The van der Waals surface area contributed by atoms with Crippen LogP contribution in [0.2, 0.25) is 0 Å². The Kier molecular flexibility index (Phi) is 5.75. The summed E-state index contributed by atoms with van der Waals surface area (Å²) in [5.41, 5.74) is 1.37. The molecule has 2 aromatic rings. The largest absolute Gasteiger partial charge is 0.354 e. The Labute approximate surface area is 152 Å². The number of imidazole rings is 1. The average Bonchev–Trinajstić information content (AvgIpc) is 2.78. The summed E-state index contributed by atoms with van der Waals surface area (Å²) in [5.74, 6) is 0.0294. The van der Waals surface area contributed by atoms with Crippen molar-refractivity contribution in [3.05, 3.63) is 34.7 Å². The van der Waals surface area contributed by atoms with Crippen LogP contribution < -0.4 is 11.0 Å². The zero-order chi connectivity index (χ0) is 18.5. The summed E-state index contributed by atoms with van der Waals surface area (Å²) in [5, 5.41) is 2.86. The Bertz CT molecular complexity index is 852. The van der Waals surface area contributed by atoms with E-state index in [4.69, 9.17) is 0 Å². The molecule has 0 radical (unpaired) electrons. The minimum absolute atomic E-state index is 0.00281. The number of hydrogen-bond acceptors (Lipinski definition) is 3. The monoisotopic (exact) mass is 358 g/mol. The molecule has 1 N–H and O–H groups in total. The number of fused-ring (bicyclic) bond motifs is 1. The molecule has 0 bridgehead atoms. The highest BCUT2D eigenvalue weighted by molar-refractivity contribution is 5.80. The van der Waals surface area contributed by atoms with Crippen molar-refractivity contribution in [1.82, 2.24) is 19.4 Å². The molecule has 140 valence electrons. The Morgan fingerprint density at radius 3 is 2.69 bits per heavy atom. The highest BCUT2D eigenvalue weighted by Crippen LogP contribution is 2.12. The molecule has 1 saturated heterocycles. The van der Waals surface area contributed by atoms with E-state index in [1.54, 1.807) is 11.6 Å².